The number of piperidine rings is 1. The lowest BCUT2D eigenvalue weighted by Crippen LogP contribution is -2.51. The van der Waals surface area contributed by atoms with E-state index >= 15 is 0 Å². The fraction of sp³-hybridized carbons (Fsp3) is 0.452. The Balaban J connectivity index is 1.27. The highest BCUT2D eigenvalue weighted by atomic mass is 16.5. The molecule has 2 aromatic carbocycles. The maximum Gasteiger partial charge on any atom is 0.251 e. The number of anilines is 2. The van der Waals surface area contributed by atoms with Crippen LogP contribution in [0.2, 0.25) is 0 Å². The lowest BCUT2D eigenvalue weighted by Gasteiger charge is -2.30. The molecule has 14 heteroatoms. The first-order chi connectivity index (χ1) is 21.7. The summed E-state index contributed by atoms with van der Waals surface area (Å²) in [4.78, 5) is 62.0. The quantitative estimate of drug-likeness (QED) is 0.0757. The molecule has 1 unspecified atom stereocenters. The topological polar surface area (TPSA) is 188 Å². The standard InChI is InChI=1S/C31H41N5O9/c1-36(26-8-9-28(38)35-31(26)41)19-23-22(20-37)4-3-5-25(23)34-29(39)10-12-43-14-16-45-17-15-44-13-11-33-30(40)21-6-7-24(32)27(18-21)42-2/h3-7,18,20,26H,8-17,19,32H2,1-2H3,(H,33,40)(H,34,39)(H,35,38,41). The molecule has 1 fully saturated rings. The van der Waals surface area contributed by atoms with Crippen LogP contribution in [0.15, 0.2) is 36.4 Å². The second-order valence-electron chi connectivity index (χ2n) is 10.2. The first kappa shape index (κ1) is 35.1. The minimum atomic E-state index is -0.521. The van der Waals surface area contributed by atoms with Gasteiger partial charge in [-0.15, -0.1) is 0 Å². The van der Waals surface area contributed by atoms with Crippen molar-refractivity contribution in [1.29, 1.82) is 0 Å². The van der Waals surface area contributed by atoms with Gasteiger partial charge in [0.05, 0.1) is 64.9 Å². The van der Waals surface area contributed by atoms with Gasteiger partial charge >= 0.3 is 0 Å². The van der Waals surface area contributed by atoms with Crippen molar-refractivity contribution in [3.8, 4) is 5.75 Å². The lowest BCUT2D eigenvalue weighted by molar-refractivity contribution is -0.137. The van der Waals surface area contributed by atoms with E-state index in [1.165, 1.54) is 7.11 Å². The molecular weight excluding hydrogens is 586 g/mol. The van der Waals surface area contributed by atoms with Crippen molar-refractivity contribution in [3.63, 3.8) is 0 Å². The Morgan fingerprint density at radius 3 is 2.44 bits per heavy atom. The Labute approximate surface area is 261 Å². The van der Waals surface area contributed by atoms with E-state index in [4.69, 9.17) is 24.7 Å². The zero-order valence-electron chi connectivity index (χ0n) is 25.6. The Kier molecular flexibility index (Phi) is 14.4. The molecule has 5 N–H and O–H groups in total. The zero-order valence-corrected chi connectivity index (χ0v) is 25.6. The van der Waals surface area contributed by atoms with Gasteiger partial charge in [-0.3, -0.25) is 34.2 Å². The van der Waals surface area contributed by atoms with Crippen LogP contribution in [0.5, 0.6) is 5.75 Å². The minimum absolute atomic E-state index is 0.0890. The molecule has 0 aromatic heterocycles. The number of nitrogens with zero attached hydrogens (tertiary/aromatic N) is 1. The predicted octanol–water partition coefficient (Wildman–Crippen LogP) is 1.14. The largest absolute Gasteiger partial charge is 0.495 e. The third-order valence-corrected chi connectivity index (χ3v) is 7.01. The van der Waals surface area contributed by atoms with Crippen LogP contribution < -0.4 is 26.4 Å². The van der Waals surface area contributed by atoms with Gasteiger partial charge in [0.15, 0.2) is 0 Å². The summed E-state index contributed by atoms with van der Waals surface area (Å²) in [7, 11) is 3.22. The monoisotopic (exact) mass is 627 g/mol. The van der Waals surface area contributed by atoms with Crippen molar-refractivity contribution in [2.45, 2.75) is 31.8 Å². The smallest absolute Gasteiger partial charge is 0.251 e. The number of nitrogens with two attached hydrogens (primary N) is 1. The van der Waals surface area contributed by atoms with Crippen molar-refractivity contribution < 1.29 is 42.9 Å². The second-order valence-corrected chi connectivity index (χ2v) is 10.2. The molecule has 0 bridgehead atoms. The number of benzene rings is 2. The minimum Gasteiger partial charge on any atom is -0.495 e. The highest BCUT2D eigenvalue weighted by molar-refractivity contribution is 6.00. The summed E-state index contributed by atoms with van der Waals surface area (Å²) < 4.78 is 21.5. The predicted molar refractivity (Wildman–Crippen MR) is 165 cm³/mol. The number of amides is 4. The van der Waals surface area contributed by atoms with Crippen LogP contribution in [0.25, 0.3) is 0 Å². The lowest BCUT2D eigenvalue weighted by atomic mass is 10.0. The van der Waals surface area contributed by atoms with Crippen LogP contribution >= 0.6 is 0 Å². The number of hydrogen-bond donors (Lipinski definition) is 4. The van der Waals surface area contributed by atoms with Gasteiger partial charge < -0.3 is 35.3 Å². The van der Waals surface area contributed by atoms with E-state index in [-0.39, 0.29) is 56.2 Å². The molecule has 4 amide bonds. The molecule has 45 heavy (non-hydrogen) atoms. The van der Waals surface area contributed by atoms with E-state index in [1.807, 2.05) is 0 Å². The molecule has 0 radical (unpaired) electrons. The van der Waals surface area contributed by atoms with Crippen molar-refractivity contribution in [2.75, 3.05) is 71.4 Å². The van der Waals surface area contributed by atoms with Crippen molar-refractivity contribution in [3.05, 3.63) is 53.1 Å². The van der Waals surface area contributed by atoms with Gasteiger partial charge in [-0.25, -0.2) is 0 Å². The number of nitrogens with one attached hydrogen (secondary N) is 3. The summed E-state index contributed by atoms with van der Waals surface area (Å²) in [6.07, 6.45) is 1.41. The maximum atomic E-state index is 12.6. The van der Waals surface area contributed by atoms with Crippen molar-refractivity contribution in [1.82, 2.24) is 15.5 Å². The molecule has 1 atom stereocenters. The van der Waals surface area contributed by atoms with Gasteiger partial charge in [-0.05, 0) is 37.7 Å². The van der Waals surface area contributed by atoms with Crippen LogP contribution in [0.3, 0.4) is 0 Å². The van der Waals surface area contributed by atoms with Crippen LogP contribution in [-0.2, 0) is 35.1 Å². The van der Waals surface area contributed by atoms with Gasteiger partial charge in [0, 0.05) is 41.9 Å². The average Bonchev–Trinajstić information content (AvgIpc) is 3.02. The summed E-state index contributed by atoms with van der Waals surface area (Å²) in [6, 6.07) is 9.29. The molecule has 1 aliphatic heterocycles. The van der Waals surface area contributed by atoms with Gasteiger partial charge in [0.1, 0.15) is 12.0 Å². The Morgan fingerprint density at radius 2 is 1.76 bits per heavy atom. The van der Waals surface area contributed by atoms with Gasteiger partial charge in [0.25, 0.3) is 5.91 Å². The van der Waals surface area contributed by atoms with E-state index in [0.29, 0.717) is 79.5 Å². The average molecular weight is 628 g/mol. The molecule has 2 aromatic rings. The summed E-state index contributed by atoms with van der Waals surface area (Å²) in [6.45, 7) is 2.33. The fourth-order valence-corrected chi connectivity index (χ4v) is 4.58. The SMILES string of the molecule is COc1cc(C(=O)NCCOCCOCCOCCC(=O)Nc2cccc(C=O)c2CN(C)C2CCC(=O)NC2=O)ccc1N. The van der Waals surface area contributed by atoms with E-state index < -0.39 is 6.04 Å². The first-order valence-corrected chi connectivity index (χ1v) is 14.6. The maximum absolute atomic E-state index is 12.6. The second kappa shape index (κ2) is 18.4. The third kappa shape index (κ3) is 11.2. The highest BCUT2D eigenvalue weighted by Crippen LogP contribution is 2.24. The van der Waals surface area contributed by atoms with Crippen LogP contribution in [0.4, 0.5) is 11.4 Å². The molecule has 0 spiro atoms. The number of rotatable bonds is 19. The number of aldehydes is 1. The van der Waals surface area contributed by atoms with E-state index in [2.05, 4.69) is 16.0 Å². The number of carbonyl (C=O) groups is 5. The normalized spacial score (nSPS) is 14.6. The zero-order chi connectivity index (χ0) is 32.6. The summed E-state index contributed by atoms with van der Waals surface area (Å²) in [5.41, 5.74) is 8.10. The van der Waals surface area contributed by atoms with Gasteiger partial charge in [0.2, 0.25) is 17.7 Å². The Bertz CT molecular complexity index is 1340. The molecule has 0 aliphatic carbocycles. The van der Waals surface area contributed by atoms with Crippen molar-refractivity contribution >= 4 is 41.3 Å². The fourth-order valence-electron chi connectivity index (χ4n) is 4.58. The molecule has 244 valence electrons. The van der Waals surface area contributed by atoms with Gasteiger partial charge in [-0.1, -0.05) is 12.1 Å². The number of nitrogen functional groups attached to an aromatic ring is 1. The highest BCUT2D eigenvalue weighted by Gasteiger charge is 2.30. The molecule has 3 rings (SSSR count). The summed E-state index contributed by atoms with van der Waals surface area (Å²) in [5.74, 6) is -0.796. The molecule has 1 saturated heterocycles. The molecule has 0 saturated carbocycles. The number of ether oxygens (including phenoxy) is 4. The third-order valence-electron chi connectivity index (χ3n) is 7.01. The Hall–Kier alpha value is -4.37. The number of methoxy groups -OCH3 is 1. The van der Waals surface area contributed by atoms with Crippen molar-refractivity contribution in [2.24, 2.45) is 0 Å². The Morgan fingerprint density at radius 1 is 1.04 bits per heavy atom. The molecule has 1 aliphatic rings. The van der Waals surface area contributed by atoms with E-state index in [0.717, 1.165) is 0 Å². The van der Waals surface area contributed by atoms with E-state index in [1.54, 1.807) is 48.3 Å². The molecule has 14 nitrogen and oxygen atoms in total. The number of carbonyl (C=O) groups excluding carboxylic acids is 5. The van der Waals surface area contributed by atoms with E-state index in [9.17, 15) is 24.0 Å². The van der Waals surface area contributed by atoms with Crippen LogP contribution in [0.1, 0.15) is 45.5 Å². The number of likely N-dealkylation sites (N-methyl/N-ethyl adjacent to an activating group) is 1. The molecular formula is C31H41N5O9. The van der Waals surface area contributed by atoms with Gasteiger partial charge in [-0.2, -0.15) is 0 Å². The van der Waals surface area contributed by atoms with Crippen LogP contribution in [0, 0.1) is 0 Å². The molecule has 1 heterocycles. The number of hydrogen-bond acceptors (Lipinski definition) is 11. The number of imide groups is 1. The first-order valence-electron chi connectivity index (χ1n) is 14.6. The van der Waals surface area contributed by atoms with Crippen LogP contribution in [-0.4, -0.2) is 101 Å². The summed E-state index contributed by atoms with van der Waals surface area (Å²) >= 11 is 0. The summed E-state index contributed by atoms with van der Waals surface area (Å²) in [5, 5.41) is 7.92.